The lowest BCUT2D eigenvalue weighted by molar-refractivity contribution is -0.700. The molecule has 12 rings (SSSR count). The molecule has 0 atom stereocenters. The van der Waals surface area contributed by atoms with Gasteiger partial charge in [0.1, 0.15) is 23.3 Å². The van der Waals surface area contributed by atoms with E-state index in [-0.39, 0.29) is 0 Å². The highest BCUT2D eigenvalue weighted by Crippen LogP contribution is 2.35. The monoisotopic (exact) mass is 1040 g/mol. The van der Waals surface area contributed by atoms with E-state index in [9.17, 15) is 0 Å². The van der Waals surface area contributed by atoms with Crippen LogP contribution in [-0.4, -0.2) is 37.4 Å². The maximum Gasteiger partial charge on any atom is 0.181 e. The summed E-state index contributed by atoms with van der Waals surface area (Å²) in [6.07, 6.45) is 4.04. The van der Waals surface area contributed by atoms with E-state index in [1.165, 1.54) is 123 Å². The van der Waals surface area contributed by atoms with Crippen LogP contribution in [0.2, 0.25) is 0 Å². The number of aromatic nitrogens is 2. The molecule has 4 aliphatic rings. The highest BCUT2D eigenvalue weighted by atomic mass is 15.4. The molecule has 4 aliphatic heterocycles. The number of anilines is 4. The molecule has 0 unspecified atom stereocenters. The van der Waals surface area contributed by atoms with Gasteiger partial charge in [-0.25, -0.2) is 0 Å². The Kier molecular flexibility index (Phi) is 13.7. The van der Waals surface area contributed by atoms with Gasteiger partial charge in [-0.2, -0.15) is 9.13 Å². The van der Waals surface area contributed by atoms with Gasteiger partial charge in [-0.1, -0.05) is 121 Å². The molecule has 2 aromatic heterocycles. The molecule has 0 saturated heterocycles. The second-order valence-corrected chi connectivity index (χ2v) is 22.4. The zero-order chi connectivity index (χ0) is 54.6. The van der Waals surface area contributed by atoms with Crippen LogP contribution in [0.25, 0.3) is 0 Å². The number of likely N-dealkylation sites (N-methyl/N-ethyl adjacent to an activating group) is 2. The van der Waals surface area contributed by atoms with Gasteiger partial charge in [0.15, 0.2) is 35.9 Å². The van der Waals surface area contributed by atoms with E-state index >= 15 is 0 Å². The number of rotatable bonds is 12. The molecule has 8 aromatic rings. The lowest BCUT2D eigenvalue weighted by Crippen LogP contribution is -2.43. The maximum absolute atomic E-state index is 4.92. The molecule has 10 heteroatoms. The van der Waals surface area contributed by atoms with Gasteiger partial charge in [-0.05, 0) is 103 Å². The molecular formula is C69H72N10+2. The van der Waals surface area contributed by atoms with Crippen molar-refractivity contribution in [1.82, 2.24) is 0 Å². The van der Waals surface area contributed by atoms with Crippen LogP contribution in [0.5, 0.6) is 0 Å². The quantitative estimate of drug-likeness (QED) is 0.0903. The van der Waals surface area contributed by atoms with Crippen molar-refractivity contribution in [3.8, 4) is 0 Å². The summed E-state index contributed by atoms with van der Waals surface area (Å²) in [5.41, 5.74) is 28.7. The van der Waals surface area contributed by atoms with Crippen molar-refractivity contribution < 1.29 is 9.13 Å². The number of fused-ring (bicyclic) bond motifs is 4. The first-order valence-corrected chi connectivity index (χ1v) is 28.0. The Morgan fingerprint density at radius 3 is 0.962 bits per heavy atom. The summed E-state index contributed by atoms with van der Waals surface area (Å²) < 4.78 is 5.03. The molecular weight excluding hydrogens is 969 g/mol. The topological polar surface area (TPSA) is 70.2 Å². The van der Waals surface area contributed by atoms with Crippen LogP contribution in [0.3, 0.4) is 0 Å². The largest absolute Gasteiger partial charge is 0.331 e. The standard InChI is InChI=1S/C69H72N10/c1-44-48(5)76(40-52-27-31-54(32-28-52)42-78-64-25-17-13-21-58(64)37-68(78)72-70-66-35-56-19-11-15-23-62(56)74(66)9)49(6)45(2)60(44)39-61-46(3)50(7)77(51(8)47(61)4)41-53-29-33-55(34-30-53)43-79-65-26-18-14-22-59(65)38-69(79)73-71-67-36-57-20-12-16-24-63(57)75(67)10/h11-34H,35-43H2,1-10H3/q+2/b70-66-,71-67-,72-68-,73-69+. The minimum absolute atomic E-state index is 0.735. The highest BCUT2D eigenvalue weighted by Gasteiger charge is 2.31. The molecule has 0 radical (unpaired) electrons. The molecule has 6 aromatic carbocycles. The van der Waals surface area contributed by atoms with Crippen molar-refractivity contribution in [3.63, 3.8) is 0 Å². The van der Waals surface area contributed by atoms with E-state index in [4.69, 9.17) is 20.4 Å². The molecule has 0 N–H and O–H groups in total. The first-order chi connectivity index (χ1) is 38.3. The average Bonchev–Trinajstić information content (AvgIpc) is 4.24. The van der Waals surface area contributed by atoms with Crippen molar-refractivity contribution in [3.05, 3.63) is 246 Å². The van der Waals surface area contributed by atoms with Gasteiger partial charge in [0.25, 0.3) is 0 Å². The second-order valence-electron chi connectivity index (χ2n) is 22.4. The van der Waals surface area contributed by atoms with Crippen LogP contribution in [0.1, 0.15) is 101 Å². The van der Waals surface area contributed by atoms with Crippen LogP contribution in [0.4, 0.5) is 22.7 Å². The predicted octanol–water partition coefficient (Wildman–Crippen LogP) is 12.4. The smallest absolute Gasteiger partial charge is 0.181 e. The Morgan fingerprint density at radius 2 is 0.620 bits per heavy atom. The first kappa shape index (κ1) is 51.3. The lowest BCUT2D eigenvalue weighted by Gasteiger charge is -2.21. The summed E-state index contributed by atoms with van der Waals surface area (Å²) in [5.74, 6) is 3.91. The van der Waals surface area contributed by atoms with Crippen molar-refractivity contribution in [2.75, 3.05) is 33.7 Å². The van der Waals surface area contributed by atoms with Gasteiger partial charge >= 0.3 is 0 Å². The second kappa shape index (κ2) is 21.0. The lowest BCUT2D eigenvalue weighted by atomic mass is 9.89. The molecule has 0 fully saturated rings. The first-order valence-electron chi connectivity index (χ1n) is 28.0. The number of amidine groups is 4. The van der Waals surface area contributed by atoms with Crippen molar-refractivity contribution in [2.45, 2.75) is 114 Å². The fraction of sp³-hybridized carbons (Fsp3) is 0.275. The molecule has 396 valence electrons. The van der Waals surface area contributed by atoms with Crippen molar-refractivity contribution in [1.29, 1.82) is 0 Å². The van der Waals surface area contributed by atoms with Gasteiger partial charge in [0.2, 0.25) is 0 Å². The van der Waals surface area contributed by atoms with E-state index in [0.717, 1.165) is 81.6 Å². The Balaban J connectivity index is 0.726. The molecule has 79 heavy (non-hydrogen) atoms. The summed E-state index contributed by atoms with van der Waals surface area (Å²) in [4.78, 5) is 9.02. The molecule has 0 saturated carbocycles. The average molecular weight is 1040 g/mol. The van der Waals surface area contributed by atoms with Gasteiger partial charge in [-0.15, -0.1) is 20.4 Å². The maximum atomic E-state index is 4.92. The third kappa shape index (κ3) is 9.61. The molecule has 0 spiro atoms. The summed E-state index contributed by atoms with van der Waals surface area (Å²) in [6.45, 7) is 21.6. The van der Waals surface area contributed by atoms with E-state index in [2.05, 4.69) is 244 Å². The van der Waals surface area contributed by atoms with Crippen LogP contribution >= 0.6 is 0 Å². The Morgan fingerprint density at radius 1 is 0.342 bits per heavy atom. The number of hydrogen-bond donors (Lipinski definition) is 0. The van der Waals surface area contributed by atoms with E-state index < -0.39 is 0 Å². The predicted molar refractivity (Wildman–Crippen MR) is 325 cm³/mol. The van der Waals surface area contributed by atoms with Gasteiger partial charge in [-0.3, -0.25) is 0 Å². The van der Waals surface area contributed by atoms with Gasteiger partial charge in [0, 0.05) is 137 Å². The van der Waals surface area contributed by atoms with Gasteiger partial charge < -0.3 is 19.6 Å². The third-order valence-electron chi connectivity index (χ3n) is 18.0. The number of nitrogens with zero attached hydrogens (tertiary/aromatic N) is 10. The number of pyridine rings is 2. The summed E-state index contributed by atoms with van der Waals surface area (Å²) in [5, 5.41) is 19.5. The molecule has 10 nitrogen and oxygen atoms in total. The summed E-state index contributed by atoms with van der Waals surface area (Å²) in [7, 11) is 4.17. The van der Waals surface area contributed by atoms with Crippen LogP contribution in [0, 0.1) is 55.4 Å². The summed E-state index contributed by atoms with van der Waals surface area (Å²) in [6, 6.07) is 52.8. The van der Waals surface area contributed by atoms with Crippen molar-refractivity contribution in [2.24, 2.45) is 20.4 Å². The highest BCUT2D eigenvalue weighted by molar-refractivity contribution is 6.09. The minimum Gasteiger partial charge on any atom is -0.331 e. The molecule has 0 amide bonds. The number of hydrogen-bond acceptors (Lipinski definition) is 4. The SMILES string of the molecule is Cc1c(Cc2c(C)c(C)[n+](Cc3ccc(CN4/C(=N/N=C5/Cc6ccccc6N5C)Cc5ccccc54)cc3)c(C)c2C)c(C)c(C)[n+](Cc2ccc(CN3/C(=N\N=C4\Cc5ccccc5N4C)Cc4ccccc43)cc2)c1C. The van der Waals surface area contributed by atoms with E-state index in [1.807, 2.05) is 0 Å². The molecule has 0 aliphatic carbocycles. The summed E-state index contributed by atoms with van der Waals surface area (Å²) >= 11 is 0. The normalized spacial score (nSPS) is 16.5. The van der Waals surface area contributed by atoms with E-state index in [1.54, 1.807) is 0 Å². The number of para-hydroxylation sites is 4. The Labute approximate surface area is 467 Å². The zero-order valence-corrected chi connectivity index (χ0v) is 47.7. The minimum atomic E-state index is 0.735. The number of benzene rings is 6. The fourth-order valence-corrected chi connectivity index (χ4v) is 12.6. The third-order valence-corrected chi connectivity index (χ3v) is 18.0. The van der Waals surface area contributed by atoms with E-state index in [0.29, 0.717) is 0 Å². The zero-order valence-electron chi connectivity index (χ0n) is 47.7. The Bertz CT molecular complexity index is 3540. The molecule has 6 heterocycles. The van der Waals surface area contributed by atoms with Crippen LogP contribution < -0.4 is 28.7 Å². The van der Waals surface area contributed by atoms with Crippen LogP contribution in [0.15, 0.2) is 166 Å². The van der Waals surface area contributed by atoms with Crippen LogP contribution in [-0.2, 0) is 58.3 Å². The Hall–Kier alpha value is -8.50. The van der Waals surface area contributed by atoms with Crippen molar-refractivity contribution >= 4 is 46.1 Å². The fourth-order valence-electron chi connectivity index (χ4n) is 12.6. The molecule has 0 bridgehead atoms. The van der Waals surface area contributed by atoms with Gasteiger partial charge in [0.05, 0.1) is 0 Å².